The smallest absolute Gasteiger partial charge is 0.237 e. The van der Waals surface area contributed by atoms with Crippen molar-refractivity contribution >= 4 is 5.91 Å². The maximum atomic E-state index is 12.4. The van der Waals surface area contributed by atoms with E-state index in [2.05, 4.69) is 39.8 Å². The van der Waals surface area contributed by atoms with Crippen LogP contribution >= 0.6 is 0 Å². The summed E-state index contributed by atoms with van der Waals surface area (Å²) in [5.74, 6) is 0.215. The number of likely N-dealkylation sites (tertiary alicyclic amines) is 1. The van der Waals surface area contributed by atoms with Gasteiger partial charge in [0, 0.05) is 19.1 Å². The Morgan fingerprint density at radius 1 is 1.30 bits per heavy atom. The lowest BCUT2D eigenvalue weighted by molar-refractivity contribution is -0.126. The van der Waals surface area contributed by atoms with Crippen LogP contribution in [0.25, 0.3) is 0 Å². The SMILES string of the molecule is O=C(NC1CCNC1)C1CCCN1Cc1ccccc1. The van der Waals surface area contributed by atoms with Gasteiger partial charge in [-0.25, -0.2) is 0 Å². The molecule has 0 aromatic heterocycles. The zero-order valence-corrected chi connectivity index (χ0v) is 11.8. The number of rotatable bonds is 4. The largest absolute Gasteiger partial charge is 0.351 e. The highest BCUT2D eigenvalue weighted by atomic mass is 16.2. The van der Waals surface area contributed by atoms with Crippen LogP contribution in [0.15, 0.2) is 30.3 Å². The summed E-state index contributed by atoms with van der Waals surface area (Å²) < 4.78 is 0. The Balaban J connectivity index is 1.58. The predicted molar refractivity (Wildman–Crippen MR) is 79.3 cm³/mol. The molecule has 1 amide bonds. The highest BCUT2D eigenvalue weighted by molar-refractivity contribution is 5.82. The average molecular weight is 273 g/mol. The molecule has 2 heterocycles. The molecule has 108 valence electrons. The number of carbonyl (C=O) groups excluding carboxylic acids is 1. The van der Waals surface area contributed by atoms with Gasteiger partial charge in [-0.1, -0.05) is 30.3 Å². The minimum Gasteiger partial charge on any atom is -0.351 e. The van der Waals surface area contributed by atoms with Gasteiger partial charge in [0.2, 0.25) is 5.91 Å². The molecule has 2 saturated heterocycles. The summed E-state index contributed by atoms with van der Waals surface area (Å²) in [5, 5.41) is 6.48. The van der Waals surface area contributed by atoms with E-state index in [0.29, 0.717) is 6.04 Å². The van der Waals surface area contributed by atoms with Crippen molar-refractivity contribution in [3.05, 3.63) is 35.9 Å². The molecular weight excluding hydrogens is 250 g/mol. The fraction of sp³-hybridized carbons (Fsp3) is 0.562. The van der Waals surface area contributed by atoms with Gasteiger partial charge in [0.25, 0.3) is 0 Å². The van der Waals surface area contributed by atoms with Crippen molar-refractivity contribution in [3.8, 4) is 0 Å². The van der Waals surface area contributed by atoms with Gasteiger partial charge < -0.3 is 10.6 Å². The van der Waals surface area contributed by atoms with Crippen LogP contribution in [-0.2, 0) is 11.3 Å². The third-order valence-electron chi connectivity index (χ3n) is 4.30. The number of benzene rings is 1. The molecular formula is C16H23N3O. The highest BCUT2D eigenvalue weighted by Crippen LogP contribution is 2.20. The number of nitrogens with one attached hydrogen (secondary N) is 2. The monoisotopic (exact) mass is 273 g/mol. The van der Waals surface area contributed by atoms with Gasteiger partial charge in [0.1, 0.15) is 0 Å². The fourth-order valence-corrected chi connectivity index (χ4v) is 3.21. The summed E-state index contributed by atoms with van der Waals surface area (Å²) in [7, 11) is 0. The van der Waals surface area contributed by atoms with Crippen molar-refractivity contribution in [2.45, 2.75) is 37.9 Å². The standard InChI is InChI=1S/C16H23N3O/c20-16(18-14-8-9-17-11-14)15-7-4-10-19(15)12-13-5-2-1-3-6-13/h1-3,5-6,14-15,17H,4,7-12H2,(H,18,20). The van der Waals surface area contributed by atoms with Gasteiger partial charge in [0.05, 0.1) is 6.04 Å². The Morgan fingerprint density at radius 3 is 2.90 bits per heavy atom. The van der Waals surface area contributed by atoms with Crippen molar-refractivity contribution in [2.75, 3.05) is 19.6 Å². The molecule has 2 aliphatic rings. The van der Waals surface area contributed by atoms with Gasteiger partial charge in [0.15, 0.2) is 0 Å². The Labute approximate surface area is 120 Å². The van der Waals surface area contributed by atoms with Crippen molar-refractivity contribution in [1.29, 1.82) is 0 Å². The van der Waals surface area contributed by atoms with Gasteiger partial charge in [-0.3, -0.25) is 9.69 Å². The van der Waals surface area contributed by atoms with E-state index in [1.54, 1.807) is 0 Å². The molecule has 2 unspecified atom stereocenters. The van der Waals surface area contributed by atoms with E-state index in [1.165, 1.54) is 5.56 Å². The molecule has 2 atom stereocenters. The van der Waals surface area contributed by atoms with E-state index in [9.17, 15) is 4.79 Å². The maximum Gasteiger partial charge on any atom is 0.237 e. The quantitative estimate of drug-likeness (QED) is 0.864. The minimum absolute atomic E-state index is 0.0517. The third kappa shape index (κ3) is 3.19. The van der Waals surface area contributed by atoms with E-state index >= 15 is 0 Å². The number of carbonyl (C=O) groups is 1. The summed E-state index contributed by atoms with van der Waals surface area (Å²) in [4.78, 5) is 14.7. The lowest BCUT2D eigenvalue weighted by Crippen LogP contribution is -2.47. The van der Waals surface area contributed by atoms with Crippen LogP contribution in [0.5, 0.6) is 0 Å². The molecule has 20 heavy (non-hydrogen) atoms. The summed E-state index contributed by atoms with van der Waals surface area (Å²) in [5.41, 5.74) is 1.29. The van der Waals surface area contributed by atoms with E-state index in [1.807, 2.05) is 6.07 Å². The first kappa shape index (κ1) is 13.6. The first-order valence-corrected chi connectivity index (χ1v) is 7.62. The normalized spacial score (nSPS) is 26.8. The van der Waals surface area contributed by atoms with Crippen molar-refractivity contribution in [3.63, 3.8) is 0 Å². The molecule has 2 aliphatic heterocycles. The Morgan fingerprint density at radius 2 is 2.15 bits per heavy atom. The lowest BCUT2D eigenvalue weighted by Gasteiger charge is -2.25. The van der Waals surface area contributed by atoms with E-state index in [0.717, 1.165) is 45.4 Å². The predicted octanol–water partition coefficient (Wildman–Crippen LogP) is 1.13. The minimum atomic E-state index is 0.0517. The topological polar surface area (TPSA) is 44.4 Å². The molecule has 4 heteroatoms. The highest BCUT2D eigenvalue weighted by Gasteiger charge is 2.31. The fourth-order valence-electron chi connectivity index (χ4n) is 3.21. The first-order valence-electron chi connectivity index (χ1n) is 7.62. The Hall–Kier alpha value is -1.39. The molecule has 3 rings (SSSR count). The van der Waals surface area contributed by atoms with Crippen molar-refractivity contribution in [1.82, 2.24) is 15.5 Å². The zero-order chi connectivity index (χ0) is 13.8. The molecule has 1 aromatic rings. The molecule has 0 radical (unpaired) electrons. The number of nitrogens with zero attached hydrogens (tertiary/aromatic N) is 1. The second-order valence-electron chi connectivity index (χ2n) is 5.81. The van der Waals surface area contributed by atoms with E-state index in [4.69, 9.17) is 0 Å². The molecule has 0 saturated carbocycles. The number of hydrogen-bond acceptors (Lipinski definition) is 3. The van der Waals surface area contributed by atoms with Crippen LogP contribution in [0.4, 0.5) is 0 Å². The van der Waals surface area contributed by atoms with E-state index in [-0.39, 0.29) is 11.9 Å². The zero-order valence-electron chi connectivity index (χ0n) is 11.8. The number of amides is 1. The molecule has 1 aromatic carbocycles. The second-order valence-corrected chi connectivity index (χ2v) is 5.81. The van der Waals surface area contributed by atoms with Crippen LogP contribution < -0.4 is 10.6 Å². The molecule has 0 bridgehead atoms. The second kappa shape index (κ2) is 6.37. The van der Waals surface area contributed by atoms with E-state index < -0.39 is 0 Å². The Kier molecular flexibility index (Phi) is 4.33. The van der Waals surface area contributed by atoms with Gasteiger partial charge >= 0.3 is 0 Å². The molecule has 4 nitrogen and oxygen atoms in total. The summed E-state index contributed by atoms with van der Waals surface area (Å²) in [6, 6.07) is 10.8. The van der Waals surface area contributed by atoms with Crippen LogP contribution in [0, 0.1) is 0 Å². The van der Waals surface area contributed by atoms with Crippen LogP contribution in [-0.4, -0.2) is 42.5 Å². The van der Waals surface area contributed by atoms with Gasteiger partial charge in [-0.05, 0) is 37.9 Å². The number of hydrogen-bond donors (Lipinski definition) is 2. The molecule has 2 N–H and O–H groups in total. The lowest BCUT2D eigenvalue weighted by atomic mass is 10.1. The first-order chi connectivity index (χ1) is 9.83. The van der Waals surface area contributed by atoms with Crippen LogP contribution in [0.3, 0.4) is 0 Å². The van der Waals surface area contributed by atoms with Gasteiger partial charge in [-0.2, -0.15) is 0 Å². The average Bonchev–Trinajstić information content (AvgIpc) is 3.11. The van der Waals surface area contributed by atoms with Gasteiger partial charge in [-0.15, -0.1) is 0 Å². The van der Waals surface area contributed by atoms with Crippen molar-refractivity contribution in [2.24, 2.45) is 0 Å². The summed E-state index contributed by atoms with van der Waals surface area (Å²) in [6.07, 6.45) is 3.16. The molecule has 2 fully saturated rings. The molecule has 0 aliphatic carbocycles. The third-order valence-corrected chi connectivity index (χ3v) is 4.30. The maximum absolute atomic E-state index is 12.4. The Bertz CT molecular complexity index is 442. The molecule has 0 spiro atoms. The summed E-state index contributed by atoms with van der Waals surface area (Å²) in [6.45, 7) is 3.83. The van der Waals surface area contributed by atoms with Crippen LogP contribution in [0.2, 0.25) is 0 Å². The van der Waals surface area contributed by atoms with Crippen molar-refractivity contribution < 1.29 is 4.79 Å². The summed E-state index contributed by atoms with van der Waals surface area (Å²) >= 11 is 0. The van der Waals surface area contributed by atoms with Crippen LogP contribution in [0.1, 0.15) is 24.8 Å².